The number of hydrogen-bond donors (Lipinski definition) is 2. The van der Waals surface area contributed by atoms with Crippen molar-refractivity contribution in [2.24, 2.45) is 0 Å². The van der Waals surface area contributed by atoms with Crippen LogP contribution in [0.1, 0.15) is 18.5 Å². The van der Waals surface area contributed by atoms with Crippen molar-refractivity contribution in [3.8, 4) is 5.75 Å². The van der Waals surface area contributed by atoms with Crippen LogP contribution in [0.25, 0.3) is 0 Å². The first-order valence-electron chi connectivity index (χ1n) is 5.97. The summed E-state index contributed by atoms with van der Waals surface area (Å²) in [5, 5.41) is 23.0. The van der Waals surface area contributed by atoms with Crippen molar-refractivity contribution in [2.45, 2.75) is 13.0 Å². The van der Waals surface area contributed by atoms with Crippen LogP contribution in [-0.4, -0.2) is 10.0 Å². The number of benzene rings is 2. The molecule has 0 saturated heterocycles. The molecule has 6 heteroatoms. The fourth-order valence-corrected chi connectivity index (χ4v) is 1.94. The number of nitro benzene ring substituents is 1. The van der Waals surface area contributed by atoms with E-state index in [0.29, 0.717) is 11.3 Å². The highest BCUT2D eigenvalue weighted by Crippen LogP contribution is 2.28. The van der Waals surface area contributed by atoms with Gasteiger partial charge in [-0.25, -0.2) is 4.39 Å². The first-order chi connectivity index (χ1) is 9.49. The summed E-state index contributed by atoms with van der Waals surface area (Å²) in [5.74, 6) is -1.18. The molecule has 1 atom stereocenters. The number of hydrogen-bond acceptors (Lipinski definition) is 4. The van der Waals surface area contributed by atoms with Gasteiger partial charge < -0.3 is 10.4 Å². The Morgan fingerprint density at radius 2 is 2.00 bits per heavy atom. The molecule has 0 bridgehead atoms. The van der Waals surface area contributed by atoms with Gasteiger partial charge in [-0.3, -0.25) is 10.1 Å². The minimum Gasteiger partial charge on any atom is -0.505 e. The Balaban J connectivity index is 2.26. The molecular weight excluding hydrogens is 263 g/mol. The molecule has 0 aliphatic heterocycles. The lowest BCUT2D eigenvalue weighted by Crippen LogP contribution is -2.09. The van der Waals surface area contributed by atoms with Crippen molar-refractivity contribution < 1.29 is 14.4 Å². The molecule has 0 fully saturated rings. The van der Waals surface area contributed by atoms with Gasteiger partial charge in [0, 0.05) is 17.8 Å². The Hall–Kier alpha value is -2.63. The number of aromatic hydroxyl groups is 1. The number of halogens is 1. The SMILES string of the molecule is CC(Nc1ccc(O)c(F)c1)c1ccccc1[N+](=O)[O-]. The van der Waals surface area contributed by atoms with Crippen molar-refractivity contribution in [1.29, 1.82) is 0 Å². The van der Waals surface area contributed by atoms with Crippen molar-refractivity contribution in [3.63, 3.8) is 0 Å². The Labute approximate surface area is 114 Å². The van der Waals surface area contributed by atoms with E-state index in [1.54, 1.807) is 25.1 Å². The maximum absolute atomic E-state index is 13.2. The summed E-state index contributed by atoms with van der Waals surface area (Å²) in [5.41, 5.74) is 0.948. The summed E-state index contributed by atoms with van der Waals surface area (Å²) in [6.07, 6.45) is 0. The van der Waals surface area contributed by atoms with Crippen LogP contribution in [0.15, 0.2) is 42.5 Å². The van der Waals surface area contributed by atoms with Crippen LogP contribution in [0.5, 0.6) is 5.75 Å². The van der Waals surface area contributed by atoms with E-state index in [0.717, 1.165) is 6.07 Å². The molecule has 104 valence electrons. The highest BCUT2D eigenvalue weighted by Gasteiger charge is 2.18. The van der Waals surface area contributed by atoms with E-state index >= 15 is 0 Å². The maximum Gasteiger partial charge on any atom is 0.274 e. The average Bonchev–Trinajstić information content (AvgIpc) is 2.43. The topological polar surface area (TPSA) is 75.4 Å². The molecule has 0 heterocycles. The summed E-state index contributed by atoms with van der Waals surface area (Å²) in [6.45, 7) is 1.74. The van der Waals surface area contributed by atoms with E-state index in [4.69, 9.17) is 5.11 Å². The van der Waals surface area contributed by atoms with Gasteiger partial charge in [-0.15, -0.1) is 0 Å². The van der Waals surface area contributed by atoms with Gasteiger partial charge in [-0.1, -0.05) is 18.2 Å². The van der Waals surface area contributed by atoms with Gasteiger partial charge in [0.05, 0.1) is 16.5 Å². The number of anilines is 1. The molecule has 0 aliphatic carbocycles. The highest BCUT2D eigenvalue weighted by atomic mass is 19.1. The van der Waals surface area contributed by atoms with Crippen LogP contribution < -0.4 is 5.32 Å². The van der Waals surface area contributed by atoms with Crippen molar-refractivity contribution >= 4 is 11.4 Å². The summed E-state index contributed by atoms with van der Waals surface area (Å²) in [6, 6.07) is 9.86. The number of phenols is 1. The first-order valence-corrected chi connectivity index (χ1v) is 5.97. The second kappa shape index (κ2) is 5.56. The Kier molecular flexibility index (Phi) is 3.84. The monoisotopic (exact) mass is 276 g/mol. The number of nitro groups is 1. The molecule has 5 nitrogen and oxygen atoms in total. The van der Waals surface area contributed by atoms with E-state index in [1.165, 1.54) is 18.2 Å². The number of para-hydroxylation sites is 1. The van der Waals surface area contributed by atoms with Crippen molar-refractivity contribution in [1.82, 2.24) is 0 Å². The van der Waals surface area contributed by atoms with Crippen LogP contribution in [-0.2, 0) is 0 Å². The zero-order valence-corrected chi connectivity index (χ0v) is 10.7. The van der Waals surface area contributed by atoms with Gasteiger partial charge in [0.2, 0.25) is 0 Å². The molecule has 1 unspecified atom stereocenters. The Morgan fingerprint density at radius 1 is 1.30 bits per heavy atom. The van der Waals surface area contributed by atoms with Gasteiger partial charge in [0.15, 0.2) is 11.6 Å². The summed E-state index contributed by atoms with van der Waals surface area (Å²) >= 11 is 0. The fourth-order valence-electron chi connectivity index (χ4n) is 1.94. The predicted molar refractivity (Wildman–Crippen MR) is 73.2 cm³/mol. The molecule has 2 aromatic carbocycles. The number of phenolic OH excluding ortho intramolecular Hbond substituents is 1. The molecule has 0 aromatic heterocycles. The standard InChI is InChI=1S/C14H13FN2O3/c1-9(11-4-2-3-5-13(11)17(19)20)16-10-6-7-14(18)12(15)8-10/h2-9,16,18H,1H3. The lowest BCUT2D eigenvalue weighted by Gasteiger charge is -2.16. The quantitative estimate of drug-likeness (QED) is 0.508. The number of nitrogens with one attached hydrogen (secondary N) is 1. The smallest absolute Gasteiger partial charge is 0.274 e. The van der Waals surface area contributed by atoms with Crippen LogP contribution in [0.2, 0.25) is 0 Å². The zero-order chi connectivity index (χ0) is 14.7. The van der Waals surface area contributed by atoms with Crippen molar-refractivity contribution in [2.75, 3.05) is 5.32 Å². The largest absolute Gasteiger partial charge is 0.505 e. The van der Waals surface area contributed by atoms with E-state index in [9.17, 15) is 14.5 Å². The van der Waals surface area contributed by atoms with Crippen LogP contribution in [0.4, 0.5) is 15.8 Å². The fraction of sp³-hybridized carbons (Fsp3) is 0.143. The minimum absolute atomic E-state index is 0.00625. The van der Waals surface area contributed by atoms with Gasteiger partial charge in [0.25, 0.3) is 5.69 Å². The van der Waals surface area contributed by atoms with E-state index in [2.05, 4.69) is 5.32 Å². The third kappa shape index (κ3) is 2.85. The van der Waals surface area contributed by atoms with Crippen LogP contribution in [0, 0.1) is 15.9 Å². The highest BCUT2D eigenvalue weighted by molar-refractivity contribution is 5.51. The molecule has 0 amide bonds. The molecule has 20 heavy (non-hydrogen) atoms. The number of rotatable bonds is 4. The number of nitrogens with zero attached hydrogens (tertiary/aromatic N) is 1. The van der Waals surface area contributed by atoms with Crippen LogP contribution in [0.3, 0.4) is 0 Å². The van der Waals surface area contributed by atoms with Crippen molar-refractivity contribution in [3.05, 3.63) is 64.0 Å². The molecular formula is C14H13FN2O3. The third-order valence-electron chi connectivity index (χ3n) is 2.93. The Bertz CT molecular complexity index is 646. The lowest BCUT2D eigenvalue weighted by molar-refractivity contribution is -0.385. The van der Waals surface area contributed by atoms with Gasteiger partial charge in [-0.05, 0) is 19.1 Å². The Morgan fingerprint density at radius 3 is 2.65 bits per heavy atom. The molecule has 0 saturated carbocycles. The third-order valence-corrected chi connectivity index (χ3v) is 2.93. The summed E-state index contributed by atoms with van der Waals surface area (Å²) in [7, 11) is 0. The molecule has 0 spiro atoms. The second-order valence-corrected chi connectivity index (χ2v) is 4.35. The van der Waals surface area contributed by atoms with Gasteiger partial charge in [-0.2, -0.15) is 0 Å². The van der Waals surface area contributed by atoms with E-state index < -0.39 is 16.5 Å². The molecule has 0 radical (unpaired) electrons. The predicted octanol–water partition coefficient (Wildman–Crippen LogP) is 3.61. The van der Waals surface area contributed by atoms with E-state index in [-0.39, 0.29) is 11.7 Å². The van der Waals surface area contributed by atoms with Gasteiger partial charge in [0.1, 0.15) is 0 Å². The lowest BCUT2D eigenvalue weighted by atomic mass is 10.1. The maximum atomic E-state index is 13.2. The second-order valence-electron chi connectivity index (χ2n) is 4.35. The molecule has 2 N–H and O–H groups in total. The first kappa shape index (κ1) is 13.8. The summed E-state index contributed by atoms with van der Waals surface area (Å²) in [4.78, 5) is 10.5. The minimum atomic E-state index is -0.746. The average molecular weight is 276 g/mol. The van der Waals surface area contributed by atoms with E-state index in [1.807, 2.05) is 0 Å². The van der Waals surface area contributed by atoms with Gasteiger partial charge >= 0.3 is 0 Å². The van der Waals surface area contributed by atoms with Crippen LogP contribution >= 0.6 is 0 Å². The molecule has 2 aromatic rings. The zero-order valence-electron chi connectivity index (χ0n) is 10.7. The molecule has 0 aliphatic rings. The molecule has 2 rings (SSSR count). The normalized spacial score (nSPS) is 11.9. The summed E-state index contributed by atoms with van der Waals surface area (Å²) < 4.78 is 13.2.